The molecule has 108 valence electrons. The first-order valence-corrected chi connectivity index (χ1v) is 6.82. The molecule has 0 spiro atoms. The number of nitro groups is 1. The Balaban J connectivity index is 1.92. The van der Waals surface area contributed by atoms with E-state index < -0.39 is 4.92 Å². The van der Waals surface area contributed by atoms with Crippen LogP contribution in [0.3, 0.4) is 0 Å². The van der Waals surface area contributed by atoms with E-state index in [4.69, 9.17) is 5.73 Å². The molecule has 20 heavy (non-hydrogen) atoms. The molecule has 1 aliphatic carbocycles. The van der Waals surface area contributed by atoms with Gasteiger partial charge in [-0.2, -0.15) is 0 Å². The predicted octanol–water partition coefficient (Wildman–Crippen LogP) is 1.99. The number of nitrogens with one attached hydrogen (secondary N) is 1. The second-order valence-electron chi connectivity index (χ2n) is 5.41. The predicted molar refractivity (Wildman–Crippen MR) is 75.4 cm³/mol. The maximum Gasteiger partial charge on any atom is 0.269 e. The van der Waals surface area contributed by atoms with E-state index in [-0.39, 0.29) is 17.1 Å². The zero-order chi connectivity index (χ0) is 14.6. The summed E-state index contributed by atoms with van der Waals surface area (Å²) in [6, 6.07) is 5.57. The van der Waals surface area contributed by atoms with Crippen LogP contribution >= 0.6 is 0 Å². The second-order valence-corrected chi connectivity index (χ2v) is 5.41. The third-order valence-corrected chi connectivity index (χ3v) is 3.79. The van der Waals surface area contributed by atoms with E-state index in [0.717, 1.165) is 25.7 Å². The number of amides is 1. The van der Waals surface area contributed by atoms with E-state index >= 15 is 0 Å². The van der Waals surface area contributed by atoms with Gasteiger partial charge in [-0.15, -0.1) is 0 Å². The third-order valence-electron chi connectivity index (χ3n) is 3.79. The summed E-state index contributed by atoms with van der Waals surface area (Å²) in [6.45, 7) is 0.447. The van der Waals surface area contributed by atoms with E-state index in [1.165, 1.54) is 30.7 Å². The van der Waals surface area contributed by atoms with Gasteiger partial charge in [0.2, 0.25) is 0 Å². The molecule has 0 radical (unpaired) electrons. The van der Waals surface area contributed by atoms with Crippen molar-refractivity contribution in [3.05, 3.63) is 39.9 Å². The van der Waals surface area contributed by atoms with Crippen LogP contribution in [0.2, 0.25) is 0 Å². The molecule has 2 rings (SSSR count). The van der Waals surface area contributed by atoms with E-state index in [0.29, 0.717) is 12.1 Å². The molecule has 1 amide bonds. The number of nitro benzene ring substituents is 1. The molecule has 0 bridgehead atoms. The fraction of sp³-hybridized carbons (Fsp3) is 0.500. The van der Waals surface area contributed by atoms with Crippen LogP contribution in [0, 0.1) is 10.1 Å². The SMILES string of the molecule is NC1(CNC(=O)c2ccc([N+](=O)[O-])cc2)CCCCC1. The average molecular weight is 277 g/mol. The molecule has 1 aromatic carbocycles. The van der Waals surface area contributed by atoms with Gasteiger partial charge in [0.15, 0.2) is 0 Å². The zero-order valence-corrected chi connectivity index (χ0v) is 11.3. The Bertz CT molecular complexity index is 493. The van der Waals surface area contributed by atoms with Gasteiger partial charge in [-0.1, -0.05) is 19.3 Å². The van der Waals surface area contributed by atoms with E-state index in [2.05, 4.69) is 5.32 Å². The molecule has 0 aromatic heterocycles. The van der Waals surface area contributed by atoms with Gasteiger partial charge < -0.3 is 11.1 Å². The summed E-state index contributed by atoms with van der Waals surface area (Å²) in [5, 5.41) is 13.4. The second kappa shape index (κ2) is 6.00. The fourth-order valence-corrected chi connectivity index (χ4v) is 2.53. The van der Waals surface area contributed by atoms with Crippen LogP contribution in [0.1, 0.15) is 42.5 Å². The third kappa shape index (κ3) is 3.54. The molecular weight excluding hydrogens is 258 g/mol. The Morgan fingerprint density at radius 1 is 1.25 bits per heavy atom. The first-order valence-electron chi connectivity index (χ1n) is 6.82. The number of carbonyl (C=O) groups is 1. The monoisotopic (exact) mass is 277 g/mol. The number of nitrogens with zero attached hydrogens (tertiary/aromatic N) is 1. The Hall–Kier alpha value is -1.95. The maximum atomic E-state index is 12.0. The van der Waals surface area contributed by atoms with Crippen LogP contribution in [0.15, 0.2) is 24.3 Å². The molecule has 6 heteroatoms. The summed E-state index contributed by atoms with van der Waals surface area (Å²) in [5.74, 6) is -0.240. The van der Waals surface area contributed by atoms with Crippen molar-refractivity contribution in [2.24, 2.45) is 5.73 Å². The van der Waals surface area contributed by atoms with Crippen molar-refractivity contribution < 1.29 is 9.72 Å². The van der Waals surface area contributed by atoms with Crippen LogP contribution in [0.25, 0.3) is 0 Å². The molecule has 1 aromatic rings. The van der Waals surface area contributed by atoms with E-state index in [1.807, 2.05) is 0 Å². The number of rotatable bonds is 4. The minimum Gasteiger partial charge on any atom is -0.350 e. The van der Waals surface area contributed by atoms with Gasteiger partial charge in [0, 0.05) is 29.8 Å². The molecule has 1 fully saturated rings. The van der Waals surface area contributed by atoms with Gasteiger partial charge in [0.25, 0.3) is 11.6 Å². The number of hydrogen-bond donors (Lipinski definition) is 2. The molecule has 3 N–H and O–H groups in total. The molecule has 0 atom stereocenters. The standard InChI is InChI=1S/C14H19N3O3/c15-14(8-2-1-3-9-14)10-16-13(18)11-4-6-12(7-5-11)17(19)20/h4-7H,1-3,8-10,15H2,(H,16,18). The highest BCUT2D eigenvalue weighted by Gasteiger charge is 2.27. The van der Waals surface area contributed by atoms with Crippen LogP contribution in [-0.4, -0.2) is 22.9 Å². The maximum absolute atomic E-state index is 12.0. The van der Waals surface area contributed by atoms with Crippen molar-refractivity contribution in [2.45, 2.75) is 37.6 Å². The largest absolute Gasteiger partial charge is 0.350 e. The summed E-state index contributed by atoms with van der Waals surface area (Å²) in [4.78, 5) is 22.0. The van der Waals surface area contributed by atoms with Crippen molar-refractivity contribution >= 4 is 11.6 Å². The summed E-state index contributed by atoms with van der Waals surface area (Å²) >= 11 is 0. The number of hydrogen-bond acceptors (Lipinski definition) is 4. The summed E-state index contributed by atoms with van der Waals surface area (Å²) in [5.41, 5.74) is 6.32. The normalized spacial score (nSPS) is 17.4. The topological polar surface area (TPSA) is 98.3 Å². The van der Waals surface area contributed by atoms with Crippen molar-refractivity contribution in [1.82, 2.24) is 5.32 Å². The Labute approximate surface area is 117 Å². The van der Waals surface area contributed by atoms with Gasteiger partial charge in [-0.25, -0.2) is 0 Å². The van der Waals surface area contributed by atoms with Crippen molar-refractivity contribution in [2.75, 3.05) is 6.54 Å². The number of nitrogens with two attached hydrogens (primary N) is 1. The Morgan fingerprint density at radius 3 is 2.40 bits per heavy atom. The molecule has 6 nitrogen and oxygen atoms in total. The molecule has 1 saturated carbocycles. The van der Waals surface area contributed by atoms with E-state index in [1.54, 1.807) is 0 Å². The lowest BCUT2D eigenvalue weighted by molar-refractivity contribution is -0.384. The van der Waals surface area contributed by atoms with Crippen LogP contribution in [0.5, 0.6) is 0 Å². The van der Waals surface area contributed by atoms with Crippen LogP contribution < -0.4 is 11.1 Å². The summed E-state index contributed by atoms with van der Waals surface area (Å²) in [6.07, 6.45) is 5.25. The highest BCUT2D eigenvalue weighted by atomic mass is 16.6. The smallest absolute Gasteiger partial charge is 0.269 e. The van der Waals surface area contributed by atoms with Gasteiger partial charge >= 0.3 is 0 Å². The summed E-state index contributed by atoms with van der Waals surface area (Å²) in [7, 11) is 0. The number of benzene rings is 1. The lowest BCUT2D eigenvalue weighted by atomic mass is 9.82. The first-order chi connectivity index (χ1) is 9.50. The molecule has 1 aliphatic rings. The Morgan fingerprint density at radius 2 is 1.85 bits per heavy atom. The quantitative estimate of drug-likeness (QED) is 0.649. The zero-order valence-electron chi connectivity index (χ0n) is 11.3. The average Bonchev–Trinajstić information content (AvgIpc) is 2.46. The highest BCUT2D eigenvalue weighted by Crippen LogP contribution is 2.25. The molecule has 0 saturated heterocycles. The van der Waals surface area contributed by atoms with Gasteiger partial charge in [-0.3, -0.25) is 14.9 Å². The molecule has 0 heterocycles. The molecule has 0 unspecified atom stereocenters. The summed E-state index contributed by atoms with van der Waals surface area (Å²) < 4.78 is 0. The van der Waals surface area contributed by atoms with Crippen LogP contribution in [-0.2, 0) is 0 Å². The lowest BCUT2D eigenvalue weighted by Crippen LogP contribution is -2.51. The van der Waals surface area contributed by atoms with Crippen LogP contribution in [0.4, 0.5) is 5.69 Å². The van der Waals surface area contributed by atoms with Crippen molar-refractivity contribution in [3.8, 4) is 0 Å². The number of carbonyl (C=O) groups excluding carboxylic acids is 1. The minimum absolute atomic E-state index is 0.0240. The van der Waals surface area contributed by atoms with Crippen molar-refractivity contribution in [1.29, 1.82) is 0 Å². The highest BCUT2D eigenvalue weighted by molar-refractivity contribution is 5.94. The first kappa shape index (κ1) is 14.5. The van der Waals surface area contributed by atoms with Gasteiger partial charge in [-0.05, 0) is 25.0 Å². The Kier molecular flexibility index (Phi) is 4.34. The number of non-ortho nitro benzene ring substituents is 1. The molecular formula is C14H19N3O3. The van der Waals surface area contributed by atoms with Gasteiger partial charge in [0.1, 0.15) is 0 Å². The van der Waals surface area contributed by atoms with Gasteiger partial charge in [0.05, 0.1) is 4.92 Å². The molecule has 0 aliphatic heterocycles. The van der Waals surface area contributed by atoms with E-state index in [9.17, 15) is 14.9 Å². The fourth-order valence-electron chi connectivity index (χ4n) is 2.53. The van der Waals surface area contributed by atoms with Crippen molar-refractivity contribution in [3.63, 3.8) is 0 Å². The minimum atomic E-state index is -0.488. The lowest BCUT2D eigenvalue weighted by Gasteiger charge is -2.33.